The van der Waals surface area contributed by atoms with Gasteiger partial charge in [-0.25, -0.2) is 14.8 Å². The molecule has 1 aromatic carbocycles. The molecule has 1 amide bonds. The Morgan fingerprint density at radius 3 is 2.58 bits per heavy atom. The Morgan fingerprint density at radius 1 is 1.23 bits per heavy atom. The fraction of sp³-hybridized carbons (Fsp3) is 0.167. The Morgan fingerprint density at radius 2 is 1.94 bits per heavy atom. The number of aromatic nitrogens is 3. The third-order valence-electron chi connectivity index (χ3n) is 4.01. The van der Waals surface area contributed by atoms with Gasteiger partial charge in [0.25, 0.3) is 11.5 Å². The van der Waals surface area contributed by atoms with Crippen molar-refractivity contribution in [2.75, 3.05) is 5.73 Å². The summed E-state index contributed by atoms with van der Waals surface area (Å²) in [6.07, 6.45) is 0.818. The molecule has 0 saturated carbocycles. The van der Waals surface area contributed by atoms with Gasteiger partial charge >= 0.3 is 11.9 Å². The molecule has 1 unspecified atom stereocenters. The molecule has 1 atom stereocenters. The van der Waals surface area contributed by atoms with Crippen LogP contribution in [0, 0.1) is 0 Å². The van der Waals surface area contributed by atoms with E-state index in [1.807, 2.05) is 0 Å². The van der Waals surface area contributed by atoms with E-state index in [0.717, 1.165) is 11.3 Å². The number of nitrogen functional groups attached to an aromatic ring is 1. The summed E-state index contributed by atoms with van der Waals surface area (Å²) in [5, 5.41) is 20.5. The zero-order valence-electron chi connectivity index (χ0n) is 15.7. The van der Waals surface area contributed by atoms with Crippen molar-refractivity contribution in [1.82, 2.24) is 20.3 Å². The minimum Gasteiger partial charge on any atom is -0.481 e. The number of amides is 1. The monoisotopic (exact) mass is 444 g/mol. The van der Waals surface area contributed by atoms with Crippen molar-refractivity contribution in [1.29, 1.82) is 0 Å². The van der Waals surface area contributed by atoms with E-state index in [4.69, 9.17) is 15.9 Å². The van der Waals surface area contributed by atoms with E-state index in [1.165, 1.54) is 30.5 Å². The third-order valence-corrected chi connectivity index (χ3v) is 4.89. The first kappa shape index (κ1) is 21.6. The minimum atomic E-state index is -1.32. The van der Waals surface area contributed by atoms with E-state index >= 15 is 0 Å². The number of carbonyl (C=O) groups excluding carboxylic acids is 1. The smallest absolute Gasteiger partial charge is 0.326 e. The van der Waals surface area contributed by atoms with Crippen LogP contribution in [-0.4, -0.2) is 55.3 Å². The fourth-order valence-electron chi connectivity index (χ4n) is 2.52. The summed E-state index contributed by atoms with van der Waals surface area (Å²) in [4.78, 5) is 60.9. The number of carbonyl (C=O) groups is 3. The zero-order chi connectivity index (χ0) is 22.5. The van der Waals surface area contributed by atoms with Gasteiger partial charge in [-0.05, 0) is 30.7 Å². The van der Waals surface area contributed by atoms with Crippen LogP contribution < -0.4 is 16.6 Å². The number of hydrogen-bond donors (Lipinski definition) is 5. The molecule has 0 aliphatic carbocycles. The van der Waals surface area contributed by atoms with Crippen molar-refractivity contribution in [3.63, 3.8) is 0 Å². The predicted octanol–water partition coefficient (Wildman–Crippen LogP) is 0.760. The number of aliphatic carboxylic acids is 2. The van der Waals surface area contributed by atoms with Gasteiger partial charge in [0.05, 0.1) is 11.9 Å². The normalized spacial score (nSPS) is 12.1. The molecule has 0 bridgehead atoms. The number of aliphatic imine (C=N–C) groups is 1. The van der Waals surface area contributed by atoms with Crippen LogP contribution in [0.15, 0.2) is 34.1 Å². The standard InChI is InChI=1S/C18H16N6O6S/c19-18-23-15(28)13-16(24-18)31-11(22-13)7-20-9-3-1-8(2-4-9)14(27)21-10(17(29)30)5-6-12(25)26/h1-4,7,10H,5-6H2,(H,21,27)(H,25,26)(H,29,30)(H3,19,23,24,28). The number of nitrogens with two attached hydrogens (primary N) is 1. The zero-order valence-corrected chi connectivity index (χ0v) is 16.5. The summed E-state index contributed by atoms with van der Waals surface area (Å²) in [5.41, 5.74) is 5.88. The molecule has 0 aliphatic rings. The lowest BCUT2D eigenvalue weighted by atomic mass is 10.1. The van der Waals surface area contributed by atoms with E-state index in [2.05, 4.69) is 25.3 Å². The maximum atomic E-state index is 12.2. The van der Waals surface area contributed by atoms with Crippen molar-refractivity contribution in [3.05, 3.63) is 45.2 Å². The highest BCUT2D eigenvalue weighted by Gasteiger charge is 2.21. The van der Waals surface area contributed by atoms with Crippen LogP contribution >= 0.6 is 11.3 Å². The average molecular weight is 444 g/mol. The Bertz CT molecular complexity index is 1230. The van der Waals surface area contributed by atoms with Crippen molar-refractivity contribution >= 4 is 57.4 Å². The highest BCUT2D eigenvalue weighted by molar-refractivity contribution is 7.19. The number of nitrogens with one attached hydrogen (secondary N) is 2. The maximum Gasteiger partial charge on any atom is 0.326 e. The Hall–Kier alpha value is -4.13. The lowest BCUT2D eigenvalue weighted by molar-refractivity contribution is -0.140. The van der Waals surface area contributed by atoms with Crippen molar-refractivity contribution < 1.29 is 24.6 Å². The summed E-state index contributed by atoms with van der Waals surface area (Å²) >= 11 is 1.14. The van der Waals surface area contributed by atoms with Crippen LogP contribution in [0.5, 0.6) is 0 Å². The number of fused-ring (bicyclic) bond motifs is 1. The molecule has 0 aliphatic heterocycles. The van der Waals surface area contributed by atoms with Gasteiger partial charge in [0.2, 0.25) is 5.95 Å². The first-order valence-electron chi connectivity index (χ1n) is 8.79. The van der Waals surface area contributed by atoms with E-state index in [0.29, 0.717) is 15.5 Å². The topological polar surface area (TPSA) is 201 Å². The molecule has 2 heterocycles. The van der Waals surface area contributed by atoms with Gasteiger partial charge in [-0.1, -0.05) is 11.3 Å². The second kappa shape index (κ2) is 9.13. The van der Waals surface area contributed by atoms with Crippen LogP contribution in [0.3, 0.4) is 0 Å². The molecule has 13 heteroatoms. The summed E-state index contributed by atoms with van der Waals surface area (Å²) in [5.74, 6) is -3.13. The van der Waals surface area contributed by atoms with E-state index in [9.17, 15) is 19.2 Å². The van der Waals surface area contributed by atoms with Gasteiger partial charge in [-0.15, -0.1) is 0 Å². The van der Waals surface area contributed by atoms with Crippen LogP contribution in [0.1, 0.15) is 28.2 Å². The number of thiazole rings is 1. The lowest BCUT2D eigenvalue weighted by Gasteiger charge is -2.13. The molecule has 31 heavy (non-hydrogen) atoms. The SMILES string of the molecule is Nc1nc2sc(C=Nc3ccc(C(=O)NC(CCC(=O)O)C(=O)O)cc3)nc2c(=O)[nH]1. The number of carboxylic acids is 2. The van der Waals surface area contributed by atoms with Crippen molar-refractivity contribution in [3.8, 4) is 0 Å². The number of aromatic amines is 1. The minimum absolute atomic E-state index is 0.00778. The Kier molecular flexibility index (Phi) is 6.35. The Labute approximate surface area is 177 Å². The van der Waals surface area contributed by atoms with Gasteiger partial charge in [0.15, 0.2) is 10.3 Å². The molecule has 3 aromatic rings. The van der Waals surface area contributed by atoms with Crippen LogP contribution in [-0.2, 0) is 9.59 Å². The van der Waals surface area contributed by atoms with E-state index in [1.54, 1.807) is 0 Å². The number of benzene rings is 1. The largest absolute Gasteiger partial charge is 0.481 e. The first-order valence-corrected chi connectivity index (χ1v) is 9.60. The summed E-state index contributed by atoms with van der Waals surface area (Å²) in [6, 6.07) is 4.65. The number of H-pyrrole nitrogens is 1. The van der Waals surface area contributed by atoms with Gasteiger partial charge in [0.1, 0.15) is 11.0 Å². The summed E-state index contributed by atoms with van der Waals surface area (Å²) < 4.78 is 0. The molecule has 6 N–H and O–H groups in total. The molecule has 12 nitrogen and oxygen atoms in total. The summed E-state index contributed by atoms with van der Waals surface area (Å²) in [6.45, 7) is 0. The second-order valence-electron chi connectivity index (χ2n) is 6.26. The number of anilines is 1. The number of nitrogens with zero attached hydrogens (tertiary/aromatic N) is 3. The molecule has 160 valence electrons. The molecule has 0 radical (unpaired) electrons. The van der Waals surface area contributed by atoms with Gasteiger partial charge in [0, 0.05) is 12.0 Å². The highest BCUT2D eigenvalue weighted by atomic mass is 32.1. The quantitative estimate of drug-likeness (QED) is 0.311. The average Bonchev–Trinajstić information content (AvgIpc) is 3.12. The van der Waals surface area contributed by atoms with E-state index in [-0.39, 0.29) is 29.9 Å². The van der Waals surface area contributed by atoms with Crippen LogP contribution in [0.2, 0.25) is 0 Å². The van der Waals surface area contributed by atoms with E-state index < -0.39 is 29.4 Å². The number of rotatable bonds is 8. The lowest BCUT2D eigenvalue weighted by Crippen LogP contribution is -2.41. The first-order chi connectivity index (χ1) is 14.7. The highest BCUT2D eigenvalue weighted by Crippen LogP contribution is 2.18. The molecule has 0 spiro atoms. The molecule has 0 saturated heterocycles. The molecule has 2 aromatic heterocycles. The van der Waals surface area contributed by atoms with Crippen LogP contribution in [0.4, 0.5) is 11.6 Å². The van der Waals surface area contributed by atoms with Crippen molar-refractivity contribution in [2.24, 2.45) is 4.99 Å². The van der Waals surface area contributed by atoms with Gasteiger partial charge < -0.3 is 21.3 Å². The predicted molar refractivity (Wildman–Crippen MR) is 112 cm³/mol. The maximum absolute atomic E-state index is 12.2. The number of carboxylic acid groups (broad SMARTS) is 2. The number of hydrogen-bond acceptors (Lipinski definition) is 9. The molecule has 0 fully saturated rings. The fourth-order valence-corrected chi connectivity index (χ4v) is 3.33. The van der Waals surface area contributed by atoms with Gasteiger partial charge in [-0.2, -0.15) is 0 Å². The molecule has 3 rings (SSSR count). The molecular weight excluding hydrogens is 428 g/mol. The molecular formula is C18H16N6O6S. The van der Waals surface area contributed by atoms with Gasteiger partial charge in [-0.3, -0.25) is 24.4 Å². The Balaban J connectivity index is 1.69. The summed E-state index contributed by atoms with van der Waals surface area (Å²) in [7, 11) is 0. The van der Waals surface area contributed by atoms with Crippen molar-refractivity contribution in [2.45, 2.75) is 18.9 Å². The third kappa shape index (κ3) is 5.48. The second-order valence-corrected chi connectivity index (χ2v) is 7.27. The van der Waals surface area contributed by atoms with Crippen LogP contribution in [0.25, 0.3) is 10.3 Å².